The number of benzene rings is 1. The molecule has 3 atom stereocenters. The third-order valence-electron chi connectivity index (χ3n) is 8.61. The molecule has 208 valence electrons. The Balaban J connectivity index is 1.31. The summed E-state index contributed by atoms with van der Waals surface area (Å²) in [5.74, 6) is 2.02. The lowest BCUT2D eigenvalue weighted by molar-refractivity contribution is 0.102. The van der Waals surface area contributed by atoms with Gasteiger partial charge >= 0.3 is 0 Å². The number of nitrogens with zero attached hydrogens (tertiary/aromatic N) is 6. The molecule has 0 unspecified atom stereocenters. The quantitative estimate of drug-likeness (QED) is 0.376. The van der Waals surface area contributed by atoms with Crippen LogP contribution >= 0.6 is 0 Å². The molecule has 40 heavy (non-hydrogen) atoms. The first-order valence-corrected chi connectivity index (χ1v) is 14.3. The number of carbonyl (C=O) groups is 1. The normalized spacial score (nSPS) is 23.1. The van der Waals surface area contributed by atoms with Crippen LogP contribution < -0.4 is 20.3 Å². The summed E-state index contributed by atoms with van der Waals surface area (Å²) < 4.78 is 10.4. The fourth-order valence-electron chi connectivity index (χ4n) is 6.59. The smallest absolute Gasteiger partial charge is 0.258 e. The van der Waals surface area contributed by atoms with Crippen LogP contribution in [-0.2, 0) is 13.6 Å². The number of hydrogen-bond acceptors (Lipinski definition) is 7. The predicted molar refractivity (Wildman–Crippen MR) is 155 cm³/mol. The molecule has 1 aromatic carbocycles. The molecule has 7 rings (SSSR count). The molecule has 1 saturated carbocycles. The van der Waals surface area contributed by atoms with Gasteiger partial charge in [0.15, 0.2) is 0 Å². The van der Waals surface area contributed by atoms with Gasteiger partial charge in [-0.15, -0.1) is 0 Å². The molecule has 10 nitrogen and oxygen atoms in total. The van der Waals surface area contributed by atoms with Crippen molar-refractivity contribution in [2.45, 2.75) is 45.7 Å². The molecular formula is C30H36N8O2. The van der Waals surface area contributed by atoms with Crippen LogP contribution in [0.2, 0.25) is 0 Å². The second kappa shape index (κ2) is 9.92. The van der Waals surface area contributed by atoms with Crippen molar-refractivity contribution in [1.29, 1.82) is 0 Å². The monoisotopic (exact) mass is 540 g/mol. The van der Waals surface area contributed by atoms with E-state index in [0.717, 1.165) is 67.7 Å². The van der Waals surface area contributed by atoms with Crippen molar-refractivity contribution in [3.8, 4) is 17.1 Å². The molecule has 0 radical (unpaired) electrons. The van der Waals surface area contributed by atoms with Crippen molar-refractivity contribution in [2.24, 2.45) is 18.9 Å². The zero-order valence-corrected chi connectivity index (χ0v) is 23.4. The Kier molecular flexibility index (Phi) is 6.22. The molecule has 1 aliphatic carbocycles. The largest absolute Gasteiger partial charge is 0.477 e. The SMILES string of the molecule is Cc1cc2cc(n1)-c1cnn(C)c1OC[C@H]1CC[C@H](C1)Cn1c(nc3ccc(N4CCN[C@H](C)C4)cc31)NC2=O. The maximum atomic E-state index is 13.7. The summed E-state index contributed by atoms with van der Waals surface area (Å²) in [5.41, 5.74) is 5.92. The Morgan fingerprint density at radius 2 is 1.95 bits per heavy atom. The Morgan fingerprint density at radius 3 is 2.83 bits per heavy atom. The van der Waals surface area contributed by atoms with Crippen LogP contribution in [0.4, 0.5) is 11.6 Å². The number of pyridine rings is 1. The molecular weight excluding hydrogens is 504 g/mol. The number of amides is 1. The van der Waals surface area contributed by atoms with Crippen molar-refractivity contribution < 1.29 is 9.53 Å². The summed E-state index contributed by atoms with van der Waals surface area (Å²) in [6, 6.07) is 10.6. The van der Waals surface area contributed by atoms with Gasteiger partial charge < -0.3 is 19.5 Å². The molecule has 1 amide bonds. The zero-order valence-electron chi connectivity index (χ0n) is 23.4. The van der Waals surface area contributed by atoms with Crippen molar-refractivity contribution in [3.63, 3.8) is 0 Å². The zero-order chi connectivity index (χ0) is 27.4. The fraction of sp³-hybridized carbons (Fsp3) is 0.467. The molecule has 4 aromatic rings. The van der Waals surface area contributed by atoms with E-state index in [1.54, 1.807) is 10.9 Å². The first-order valence-electron chi connectivity index (χ1n) is 14.3. The van der Waals surface area contributed by atoms with Gasteiger partial charge in [0.1, 0.15) is 0 Å². The second-order valence-corrected chi connectivity index (χ2v) is 11.7. The number of carbonyl (C=O) groups excluding carboxylic acids is 1. The van der Waals surface area contributed by atoms with E-state index < -0.39 is 0 Å². The van der Waals surface area contributed by atoms with Crippen LogP contribution in [0.5, 0.6) is 5.88 Å². The summed E-state index contributed by atoms with van der Waals surface area (Å²) in [5, 5.41) is 11.1. The molecule has 2 fully saturated rings. The molecule has 3 aliphatic rings. The van der Waals surface area contributed by atoms with E-state index in [0.29, 0.717) is 47.6 Å². The number of aryl methyl sites for hydroxylation is 2. The van der Waals surface area contributed by atoms with Crippen molar-refractivity contribution in [3.05, 3.63) is 47.8 Å². The molecule has 10 heteroatoms. The van der Waals surface area contributed by atoms with Gasteiger partial charge in [0.05, 0.1) is 35.1 Å². The lowest BCUT2D eigenvalue weighted by Gasteiger charge is -2.33. The molecule has 3 aromatic heterocycles. The molecule has 2 N–H and O–H groups in total. The maximum absolute atomic E-state index is 13.7. The average Bonchev–Trinajstić information content (AvgIpc) is 3.64. The number of fused-ring (bicyclic) bond motifs is 9. The van der Waals surface area contributed by atoms with Gasteiger partial charge in [-0.3, -0.25) is 15.1 Å². The number of hydrogen-bond donors (Lipinski definition) is 2. The Bertz CT molecular complexity index is 1590. The molecule has 5 heterocycles. The topological polar surface area (TPSA) is 102 Å². The predicted octanol–water partition coefficient (Wildman–Crippen LogP) is 4.00. The van der Waals surface area contributed by atoms with E-state index in [4.69, 9.17) is 14.7 Å². The third-order valence-corrected chi connectivity index (χ3v) is 8.61. The number of imidazole rings is 1. The number of ether oxygens (including phenoxy) is 1. The third kappa shape index (κ3) is 4.60. The Morgan fingerprint density at radius 1 is 1.07 bits per heavy atom. The number of nitrogens with one attached hydrogen (secondary N) is 2. The lowest BCUT2D eigenvalue weighted by Crippen LogP contribution is -2.49. The summed E-state index contributed by atoms with van der Waals surface area (Å²) in [6.45, 7) is 8.48. The molecule has 4 bridgehead atoms. The highest BCUT2D eigenvalue weighted by Gasteiger charge is 2.29. The highest BCUT2D eigenvalue weighted by Crippen LogP contribution is 2.37. The van der Waals surface area contributed by atoms with Gasteiger partial charge in [-0.1, -0.05) is 0 Å². The minimum absolute atomic E-state index is 0.204. The summed E-state index contributed by atoms with van der Waals surface area (Å²) in [7, 11) is 1.88. The van der Waals surface area contributed by atoms with Crippen LogP contribution in [-0.4, -0.2) is 62.5 Å². The van der Waals surface area contributed by atoms with Gasteiger partial charge in [-0.25, -0.2) is 9.67 Å². The van der Waals surface area contributed by atoms with Crippen LogP contribution in [0.1, 0.15) is 42.2 Å². The Labute approximate surface area is 233 Å². The van der Waals surface area contributed by atoms with Gasteiger partial charge in [0.25, 0.3) is 5.91 Å². The van der Waals surface area contributed by atoms with Gasteiger partial charge in [-0.05, 0) is 75.3 Å². The minimum Gasteiger partial charge on any atom is -0.477 e. The number of rotatable bonds is 1. The number of anilines is 2. The van der Waals surface area contributed by atoms with Crippen LogP contribution in [0.25, 0.3) is 22.3 Å². The van der Waals surface area contributed by atoms with Crippen molar-refractivity contribution >= 4 is 28.6 Å². The van der Waals surface area contributed by atoms with Gasteiger partial charge in [-0.2, -0.15) is 5.10 Å². The highest BCUT2D eigenvalue weighted by molar-refractivity contribution is 6.05. The number of aromatic nitrogens is 5. The number of piperazine rings is 1. The first kappa shape index (κ1) is 25.1. The Hall–Kier alpha value is -3.92. The fourth-order valence-corrected chi connectivity index (χ4v) is 6.59. The lowest BCUT2D eigenvalue weighted by atomic mass is 10.1. The van der Waals surface area contributed by atoms with Crippen molar-refractivity contribution in [2.75, 3.05) is 36.5 Å². The van der Waals surface area contributed by atoms with E-state index in [1.165, 1.54) is 5.69 Å². The average molecular weight is 541 g/mol. The minimum atomic E-state index is -0.204. The van der Waals surface area contributed by atoms with E-state index in [9.17, 15) is 4.79 Å². The molecule has 0 spiro atoms. The van der Waals surface area contributed by atoms with Crippen molar-refractivity contribution in [1.82, 2.24) is 29.6 Å². The van der Waals surface area contributed by atoms with Gasteiger partial charge in [0, 0.05) is 56.2 Å². The molecule has 1 saturated heterocycles. The van der Waals surface area contributed by atoms with E-state index in [-0.39, 0.29) is 5.91 Å². The summed E-state index contributed by atoms with van der Waals surface area (Å²) >= 11 is 0. The van der Waals surface area contributed by atoms with E-state index >= 15 is 0 Å². The first-order chi connectivity index (χ1) is 19.4. The highest BCUT2D eigenvalue weighted by atomic mass is 16.5. The summed E-state index contributed by atoms with van der Waals surface area (Å²) in [6.07, 6.45) is 5.07. The second-order valence-electron chi connectivity index (χ2n) is 11.7. The van der Waals surface area contributed by atoms with Crippen LogP contribution in [0.3, 0.4) is 0 Å². The van der Waals surface area contributed by atoms with Gasteiger partial charge in [0.2, 0.25) is 11.8 Å². The molecule has 2 aliphatic heterocycles. The standard InChI is InChI=1S/C30H36N8O2/c1-18-10-22-12-26(33-18)24-14-32-36(3)29(24)40-17-21-5-4-20(11-21)16-38-27-13-23(37-9-8-31-19(2)15-37)6-7-25(27)34-30(38)35-28(22)39/h6-7,10,12-14,19-21,31H,4-5,8-9,11,15-17H2,1-3H3,(H,34,35,39)/t19-,20-,21+/m1/s1. The van der Waals surface area contributed by atoms with Crippen LogP contribution in [0, 0.1) is 18.8 Å². The van der Waals surface area contributed by atoms with Crippen LogP contribution in [0.15, 0.2) is 36.5 Å². The van der Waals surface area contributed by atoms with E-state index in [1.807, 2.05) is 26.1 Å². The maximum Gasteiger partial charge on any atom is 0.258 e. The summed E-state index contributed by atoms with van der Waals surface area (Å²) in [4.78, 5) is 25.8. The van der Waals surface area contributed by atoms with E-state index in [2.05, 4.69) is 50.3 Å².